The van der Waals surface area contributed by atoms with Crippen molar-refractivity contribution in [2.75, 3.05) is 26.7 Å². The number of amides is 1. The van der Waals surface area contributed by atoms with Crippen LogP contribution in [0.2, 0.25) is 0 Å². The highest BCUT2D eigenvalue weighted by atomic mass is 16.5. The van der Waals surface area contributed by atoms with Crippen molar-refractivity contribution >= 4 is 5.91 Å². The maximum atomic E-state index is 12.6. The Kier molecular flexibility index (Phi) is 5.50. The Bertz CT molecular complexity index is 745. The fourth-order valence-corrected chi connectivity index (χ4v) is 4.36. The Balaban J connectivity index is 1.34. The van der Waals surface area contributed by atoms with E-state index in [0.29, 0.717) is 12.5 Å². The van der Waals surface area contributed by atoms with Crippen LogP contribution >= 0.6 is 0 Å². The van der Waals surface area contributed by atoms with Crippen molar-refractivity contribution in [2.24, 2.45) is 0 Å². The summed E-state index contributed by atoms with van der Waals surface area (Å²) in [6.45, 7) is 2.63. The van der Waals surface area contributed by atoms with Gasteiger partial charge in [-0.1, -0.05) is 36.4 Å². The molecule has 1 amide bonds. The van der Waals surface area contributed by atoms with Crippen molar-refractivity contribution in [1.82, 2.24) is 14.8 Å². The highest BCUT2D eigenvalue weighted by Gasteiger charge is 2.44. The van der Waals surface area contributed by atoms with Gasteiger partial charge in [0, 0.05) is 45.2 Å². The van der Waals surface area contributed by atoms with E-state index >= 15 is 0 Å². The molecular weight excluding hydrogens is 338 g/mol. The zero-order valence-electron chi connectivity index (χ0n) is 15.8. The zero-order valence-corrected chi connectivity index (χ0v) is 15.8. The van der Waals surface area contributed by atoms with Gasteiger partial charge in [-0.15, -0.1) is 0 Å². The Labute approximate surface area is 161 Å². The molecule has 4 rings (SSSR count). The van der Waals surface area contributed by atoms with Gasteiger partial charge in [0.05, 0.1) is 18.6 Å². The van der Waals surface area contributed by atoms with E-state index in [0.717, 1.165) is 38.0 Å². The van der Waals surface area contributed by atoms with Crippen LogP contribution in [0.15, 0.2) is 54.9 Å². The normalized spacial score (nSPS) is 23.8. The van der Waals surface area contributed by atoms with Crippen LogP contribution in [0.3, 0.4) is 0 Å². The molecule has 0 unspecified atom stereocenters. The van der Waals surface area contributed by atoms with Crippen LogP contribution in [0.4, 0.5) is 0 Å². The molecule has 2 aromatic rings. The molecule has 2 aliphatic rings. The number of nitrogens with zero attached hydrogens (tertiary/aromatic N) is 3. The van der Waals surface area contributed by atoms with Gasteiger partial charge in [0.25, 0.3) is 0 Å². The number of ether oxygens (including phenoxy) is 1. The van der Waals surface area contributed by atoms with E-state index in [9.17, 15) is 4.79 Å². The van der Waals surface area contributed by atoms with Crippen molar-refractivity contribution in [3.05, 3.63) is 66.0 Å². The molecule has 1 aromatic heterocycles. The molecule has 2 saturated heterocycles. The lowest BCUT2D eigenvalue weighted by molar-refractivity contribution is -0.137. The number of piperidine rings is 1. The van der Waals surface area contributed by atoms with E-state index in [1.807, 2.05) is 53.7 Å². The SMILES string of the molecule is CO[C@H]1CN(C2CCN(C(=O)Cc3ccccc3)CC2)[C@H]1c1cccnc1. The second kappa shape index (κ2) is 8.19. The number of methoxy groups -OCH3 is 1. The van der Waals surface area contributed by atoms with E-state index in [4.69, 9.17) is 4.74 Å². The molecule has 142 valence electrons. The van der Waals surface area contributed by atoms with Crippen LogP contribution in [0.5, 0.6) is 0 Å². The van der Waals surface area contributed by atoms with Crippen LogP contribution in [0.1, 0.15) is 30.0 Å². The number of hydrogen-bond acceptors (Lipinski definition) is 4. The van der Waals surface area contributed by atoms with E-state index in [1.165, 1.54) is 5.56 Å². The summed E-state index contributed by atoms with van der Waals surface area (Å²) in [5, 5.41) is 0. The summed E-state index contributed by atoms with van der Waals surface area (Å²) >= 11 is 0. The highest BCUT2D eigenvalue weighted by Crippen LogP contribution is 2.39. The zero-order chi connectivity index (χ0) is 18.6. The van der Waals surface area contributed by atoms with Crippen LogP contribution in [-0.4, -0.2) is 59.6 Å². The maximum Gasteiger partial charge on any atom is 0.226 e. The van der Waals surface area contributed by atoms with Crippen molar-refractivity contribution < 1.29 is 9.53 Å². The van der Waals surface area contributed by atoms with Gasteiger partial charge in [0.2, 0.25) is 5.91 Å². The summed E-state index contributed by atoms with van der Waals surface area (Å²) in [5.41, 5.74) is 2.31. The number of rotatable bonds is 5. The van der Waals surface area contributed by atoms with Gasteiger partial charge < -0.3 is 9.64 Å². The lowest BCUT2D eigenvalue weighted by Gasteiger charge is -2.53. The average molecular weight is 365 g/mol. The van der Waals surface area contributed by atoms with Crippen molar-refractivity contribution in [1.29, 1.82) is 0 Å². The molecule has 0 spiro atoms. The fourth-order valence-electron chi connectivity index (χ4n) is 4.36. The van der Waals surface area contributed by atoms with Crippen molar-refractivity contribution in [2.45, 2.75) is 37.5 Å². The van der Waals surface area contributed by atoms with Gasteiger partial charge in [-0.2, -0.15) is 0 Å². The lowest BCUT2D eigenvalue weighted by atomic mass is 9.87. The molecule has 27 heavy (non-hydrogen) atoms. The van der Waals surface area contributed by atoms with Crippen molar-refractivity contribution in [3.8, 4) is 0 Å². The van der Waals surface area contributed by atoms with E-state index in [1.54, 1.807) is 7.11 Å². The van der Waals surface area contributed by atoms with E-state index in [2.05, 4.69) is 16.0 Å². The molecule has 0 saturated carbocycles. The summed E-state index contributed by atoms with van der Waals surface area (Å²) in [4.78, 5) is 21.4. The monoisotopic (exact) mass is 365 g/mol. The molecule has 1 aromatic carbocycles. The van der Waals surface area contributed by atoms with E-state index < -0.39 is 0 Å². The van der Waals surface area contributed by atoms with Gasteiger partial charge in [-0.25, -0.2) is 0 Å². The second-order valence-electron chi connectivity index (χ2n) is 7.48. The third kappa shape index (κ3) is 3.89. The summed E-state index contributed by atoms with van der Waals surface area (Å²) < 4.78 is 5.67. The van der Waals surface area contributed by atoms with Crippen LogP contribution in [0, 0.1) is 0 Å². The van der Waals surface area contributed by atoms with Crippen molar-refractivity contribution in [3.63, 3.8) is 0 Å². The topological polar surface area (TPSA) is 45.7 Å². The maximum absolute atomic E-state index is 12.6. The molecule has 0 radical (unpaired) electrons. The largest absolute Gasteiger partial charge is 0.378 e. The summed E-state index contributed by atoms with van der Waals surface area (Å²) in [5.74, 6) is 0.238. The number of aromatic nitrogens is 1. The standard InChI is InChI=1S/C22H27N3O2/c1-27-20-16-25(22(20)18-8-5-11-23-15-18)19-9-12-24(13-10-19)21(26)14-17-6-3-2-4-7-17/h2-8,11,15,19-20,22H,9-10,12-14,16H2,1H3/t20-,22-/m0/s1. The molecule has 0 bridgehead atoms. The summed E-state index contributed by atoms with van der Waals surface area (Å²) in [6, 6.07) is 14.9. The molecule has 2 atom stereocenters. The first kappa shape index (κ1) is 18.1. The molecule has 3 heterocycles. The molecule has 0 aliphatic carbocycles. The lowest BCUT2D eigenvalue weighted by Crippen LogP contribution is -2.60. The number of carbonyl (C=O) groups excluding carboxylic acids is 1. The van der Waals surface area contributed by atoms with Gasteiger partial charge in [0.15, 0.2) is 0 Å². The quantitative estimate of drug-likeness (QED) is 0.817. The number of carbonyl (C=O) groups is 1. The Morgan fingerprint density at radius 1 is 1.15 bits per heavy atom. The molecular formula is C22H27N3O2. The first-order valence-corrected chi connectivity index (χ1v) is 9.76. The number of benzene rings is 1. The number of likely N-dealkylation sites (tertiary alicyclic amines) is 2. The second-order valence-corrected chi connectivity index (χ2v) is 7.48. The van der Waals surface area contributed by atoms with E-state index in [-0.39, 0.29) is 18.1 Å². The van der Waals surface area contributed by atoms with Crippen LogP contribution in [-0.2, 0) is 16.0 Å². The minimum absolute atomic E-state index is 0.229. The summed E-state index contributed by atoms with van der Waals surface area (Å²) in [7, 11) is 1.79. The number of hydrogen-bond donors (Lipinski definition) is 0. The average Bonchev–Trinajstić information content (AvgIpc) is 2.70. The van der Waals surface area contributed by atoms with Gasteiger partial charge in [0.1, 0.15) is 0 Å². The minimum atomic E-state index is 0.229. The Morgan fingerprint density at radius 2 is 1.93 bits per heavy atom. The Hall–Kier alpha value is -2.24. The first-order chi connectivity index (χ1) is 13.3. The van der Waals surface area contributed by atoms with Crippen LogP contribution < -0.4 is 0 Å². The third-order valence-corrected chi connectivity index (χ3v) is 5.91. The molecule has 0 N–H and O–H groups in total. The molecule has 2 aliphatic heterocycles. The highest BCUT2D eigenvalue weighted by molar-refractivity contribution is 5.78. The predicted molar refractivity (Wildman–Crippen MR) is 104 cm³/mol. The summed E-state index contributed by atoms with van der Waals surface area (Å²) in [6.07, 6.45) is 6.53. The Morgan fingerprint density at radius 3 is 2.59 bits per heavy atom. The van der Waals surface area contributed by atoms with Crippen LogP contribution in [0.25, 0.3) is 0 Å². The predicted octanol–water partition coefficient (Wildman–Crippen LogP) is 2.69. The molecule has 5 nitrogen and oxygen atoms in total. The minimum Gasteiger partial charge on any atom is -0.378 e. The molecule has 2 fully saturated rings. The fraction of sp³-hybridized carbons (Fsp3) is 0.455. The third-order valence-electron chi connectivity index (χ3n) is 5.91. The smallest absolute Gasteiger partial charge is 0.226 e. The first-order valence-electron chi connectivity index (χ1n) is 9.76. The van der Waals surface area contributed by atoms with Gasteiger partial charge in [-0.05, 0) is 30.0 Å². The van der Waals surface area contributed by atoms with Gasteiger partial charge >= 0.3 is 0 Å². The number of pyridine rings is 1. The van der Waals surface area contributed by atoms with Gasteiger partial charge in [-0.3, -0.25) is 14.7 Å². The molecule has 5 heteroatoms.